The van der Waals surface area contributed by atoms with Crippen molar-refractivity contribution in [2.45, 2.75) is 12.6 Å². The summed E-state index contributed by atoms with van der Waals surface area (Å²) in [7, 11) is 1.49. The molecule has 2 aromatic heterocycles. The van der Waals surface area contributed by atoms with Crippen molar-refractivity contribution in [1.29, 1.82) is 0 Å². The maximum absolute atomic E-state index is 13.6. The van der Waals surface area contributed by atoms with Gasteiger partial charge in [0.2, 0.25) is 5.91 Å². The van der Waals surface area contributed by atoms with Gasteiger partial charge in [0.1, 0.15) is 22.5 Å². The summed E-state index contributed by atoms with van der Waals surface area (Å²) >= 11 is 0.692. The highest BCUT2D eigenvalue weighted by molar-refractivity contribution is 7.09. The number of furan rings is 1. The topological polar surface area (TPSA) is 154 Å². The summed E-state index contributed by atoms with van der Waals surface area (Å²) in [5.41, 5.74) is 11.2. The molecule has 0 bridgehead atoms. The van der Waals surface area contributed by atoms with Gasteiger partial charge in [-0.2, -0.15) is 4.37 Å². The number of hydrogen-bond acceptors (Lipinski definition) is 8. The second kappa shape index (κ2) is 10.7. The average Bonchev–Trinajstić information content (AvgIpc) is 3.44. The molecule has 1 unspecified atom stereocenters. The van der Waals surface area contributed by atoms with E-state index in [1.807, 2.05) is 0 Å². The van der Waals surface area contributed by atoms with E-state index in [-0.39, 0.29) is 36.0 Å². The Morgan fingerprint density at radius 3 is 2.58 bits per heavy atom. The van der Waals surface area contributed by atoms with Gasteiger partial charge >= 0.3 is 0 Å². The number of methoxy groups -OCH3 is 1. The number of ether oxygens (including phenoxy) is 1. The minimum absolute atomic E-state index is 0.0628. The molecule has 0 saturated carbocycles. The number of carbonyl (C=O) groups excluding carboxylic acids is 3. The highest BCUT2D eigenvalue weighted by atomic mass is 32.1. The van der Waals surface area contributed by atoms with E-state index in [0.717, 1.165) is 0 Å². The number of rotatable bonds is 10. The largest absolute Gasteiger partial charge is 0.467 e. The van der Waals surface area contributed by atoms with Crippen LogP contribution in [0, 0.1) is 5.82 Å². The number of carbonyl (C=O) groups is 3. The van der Waals surface area contributed by atoms with Gasteiger partial charge in [-0.3, -0.25) is 14.4 Å². The lowest BCUT2D eigenvalue weighted by molar-refractivity contribution is -0.126. The van der Waals surface area contributed by atoms with Crippen LogP contribution in [0.5, 0.6) is 0 Å². The van der Waals surface area contributed by atoms with Gasteiger partial charge in [0.15, 0.2) is 5.69 Å². The molecule has 5 N–H and O–H groups in total. The van der Waals surface area contributed by atoms with E-state index in [4.69, 9.17) is 20.6 Å². The van der Waals surface area contributed by atoms with Crippen LogP contribution >= 0.6 is 11.5 Å². The molecule has 0 radical (unpaired) electrons. The molecule has 3 rings (SSSR count). The van der Waals surface area contributed by atoms with Crippen LogP contribution in [0.3, 0.4) is 0 Å². The molecule has 10 nitrogen and oxygen atoms in total. The second-order valence-electron chi connectivity index (χ2n) is 6.89. The summed E-state index contributed by atoms with van der Waals surface area (Å²) in [6.45, 7) is 0.316. The fourth-order valence-electron chi connectivity index (χ4n) is 3.10. The Hall–Kier alpha value is -3.77. The maximum atomic E-state index is 13.6. The van der Waals surface area contributed by atoms with Crippen molar-refractivity contribution in [2.24, 2.45) is 5.73 Å². The standard InChI is InChI=1S/C21H22FN5O5S/c1-31-10-8-25-20(29)17(12-4-6-13(22)7-5-12)27(11-14-3-2-9-32-14)21(30)18-15(23)16(19(24)28)26-33-18/h2-7,9,17H,8,10-11,23H2,1H3,(H2,24,28)(H,25,29). The zero-order valence-electron chi connectivity index (χ0n) is 17.6. The second-order valence-corrected chi connectivity index (χ2v) is 7.66. The van der Waals surface area contributed by atoms with Crippen molar-refractivity contribution in [1.82, 2.24) is 14.6 Å². The van der Waals surface area contributed by atoms with Crippen molar-refractivity contribution in [3.05, 3.63) is 70.4 Å². The molecule has 0 fully saturated rings. The summed E-state index contributed by atoms with van der Waals surface area (Å²) in [5, 5.41) is 2.70. The molecule has 0 aliphatic carbocycles. The van der Waals surface area contributed by atoms with Crippen molar-refractivity contribution in [2.75, 3.05) is 26.0 Å². The predicted octanol–water partition coefficient (Wildman–Crippen LogP) is 1.70. The van der Waals surface area contributed by atoms with E-state index in [1.54, 1.807) is 12.1 Å². The van der Waals surface area contributed by atoms with E-state index in [0.29, 0.717) is 22.9 Å². The zero-order valence-corrected chi connectivity index (χ0v) is 18.4. The monoisotopic (exact) mass is 475 g/mol. The summed E-state index contributed by atoms with van der Waals surface area (Å²) in [6.07, 6.45) is 1.43. The van der Waals surface area contributed by atoms with Gasteiger partial charge in [-0.15, -0.1) is 0 Å². The molecule has 174 valence electrons. The van der Waals surface area contributed by atoms with Crippen LogP contribution in [0.25, 0.3) is 0 Å². The van der Waals surface area contributed by atoms with E-state index in [2.05, 4.69) is 9.69 Å². The molecule has 0 aliphatic rings. The Balaban J connectivity index is 2.07. The molecule has 12 heteroatoms. The zero-order chi connectivity index (χ0) is 24.0. The predicted molar refractivity (Wildman–Crippen MR) is 118 cm³/mol. The van der Waals surface area contributed by atoms with Gasteiger partial charge in [0.25, 0.3) is 11.8 Å². The molecule has 0 spiro atoms. The third-order valence-corrected chi connectivity index (χ3v) is 5.52. The highest BCUT2D eigenvalue weighted by Gasteiger charge is 2.35. The number of nitrogen functional groups attached to an aromatic ring is 1. The summed E-state index contributed by atoms with van der Waals surface area (Å²) < 4.78 is 27.8. The number of aromatic nitrogens is 1. The maximum Gasteiger partial charge on any atom is 0.270 e. The summed E-state index contributed by atoms with van der Waals surface area (Å²) in [6, 6.07) is 7.27. The number of hydrogen-bond donors (Lipinski definition) is 3. The lowest BCUT2D eigenvalue weighted by Crippen LogP contribution is -2.44. The third kappa shape index (κ3) is 5.54. The van der Waals surface area contributed by atoms with Crippen LogP contribution in [0.15, 0.2) is 47.1 Å². The quantitative estimate of drug-likeness (QED) is 0.377. The first-order valence-corrected chi connectivity index (χ1v) is 10.5. The number of benzene rings is 1. The smallest absolute Gasteiger partial charge is 0.270 e. The Morgan fingerprint density at radius 2 is 2.00 bits per heavy atom. The van der Waals surface area contributed by atoms with Crippen molar-refractivity contribution in [3.8, 4) is 0 Å². The van der Waals surface area contributed by atoms with Gasteiger partial charge in [-0.25, -0.2) is 4.39 Å². The van der Waals surface area contributed by atoms with Gasteiger partial charge in [0.05, 0.1) is 25.1 Å². The molecule has 1 aromatic carbocycles. The number of amides is 3. The molecule has 2 heterocycles. The Bertz CT molecular complexity index is 1120. The summed E-state index contributed by atoms with van der Waals surface area (Å²) in [5.74, 6) is -2.20. The van der Waals surface area contributed by atoms with E-state index < -0.39 is 29.6 Å². The minimum atomic E-state index is -1.18. The molecular weight excluding hydrogens is 453 g/mol. The van der Waals surface area contributed by atoms with Crippen LogP contribution < -0.4 is 16.8 Å². The van der Waals surface area contributed by atoms with Crippen molar-refractivity contribution < 1.29 is 27.9 Å². The molecular formula is C21H22FN5O5S. The number of anilines is 1. The molecule has 0 saturated heterocycles. The van der Waals surface area contributed by atoms with Crippen LogP contribution in [-0.2, 0) is 16.1 Å². The van der Waals surface area contributed by atoms with Crippen molar-refractivity contribution >= 4 is 34.9 Å². The summed E-state index contributed by atoms with van der Waals surface area (Å²) in [4.78, 5) is 39.5. The van der Waals surface area contributed by atoms with E-state index >= 15 is 0 Å². The fourth-order valence-corrected chi connectivity index (χ4v) is 3.86. The molecule has 0 aliphatic heterocycles. The lowest BCUT2D eigenvalue weighted by Gasteiger charge is -2.30. The first kappa shape index (κ1) is 23.9. The highest BCUT2D eigenvalue weighted by Crippen LogP contribution is 2.30. The van der Waals surface area contributed by atoms with Crippen LogP contribution in [0.4, 0.5) is 10.1 Å². The first-order valence-electron chi connectivity index (χ1n) is 9.73. The van der Waals surface area contributed by atoms with Gasteiger partial charge in [0, 0.05) is 13.7 Å². The molecule has 3 aromatic rings. The normalized spacial score (nSPS) is 11.7. The van der Waals surface area contributed by atoms with Crippen LogP contribution in [0.1, 0.15) is 37.5 Å². The van der Waals surface area contributed by atoms with E-state index in [1.165, 1.54) is 42.5 Å². The Kier molecular flexibility index (Phi) is 7.74. The average molecular weight is 476 g/mol. The number of halogens is 1. The van der Waals surface area contributed by atoms with Crippen LogP contribution in [0.2, 0.25) is 0 Å². The van der Waals surface area contributed by atoms with E-state index in [9.17, 15) is 18.8 Å². The lowest BCUT2D eigenvalue weighted by atomic mass is 10.0. The molecule has 33 heavy (non-hydrogen) atoms. The van der Waals surface area contributed by atoms with Gasteiger partial charge in [-0.05, 0) is 41.4 Å². The fraction of sp³-hybridized carbons (Fsp3) is 0.238. The van der Waals surface area contributed by atoms with Gasteiger partial charge < -0.3 is 30.8 Å². The number of nitrogens with two attached hydrogens (primary N) is 2. The SMILES string of the molecule is COCCNC(=O)C(c1ccc(F)cc1)N(Cc1ccco1)C(=O)c1snc(C(N)=O)c1N. The molecule has 3 amide bonds. The molecule has 1 atom stereocenters. The minimum Gasteiger partial charge on any atom is -0.467 e. The Morgan fingerprint density at radius 1 is 1.27 bits per heavy atom. The third-order valence-electron chi connectivity index (χ3n) is 4.67. The van der Waals surface area contributed by atoms with Crippen LogP contribution in [-0.4, -0.2) is 47.3 Å². The van der Waals surface area contributed by atoms with Gasteiger partial charge in [-0.1, -0.05) is 12.1 Å². The van der Waals surface area contributed by atoms with Crippen molar-refractivity contribution in [3.63, 3.8) is 0 Å². The Labute approximate surface area is 192 Å². The number of nitrogens with zero attached hydrogens (tertiary/aromatic N) is 2. The number of nitrogens with one attached hydrogen (secondary N) is 1. The number of primary amides is 1. The first-order chi connectivity index (χ1) is 15.8.